The van der Waals surface area contributed by atoms with Crippen LogP contribution in [0, 0.1) is 11.8 Å². The number of hydrogen-bond acceptors (Lipinski definition) is 2. The molecule has 4 heteroatoms. The third-order valence-electron chi connectivity index (χ3n) is 4.22. The molecular weight excluding hydrogens is 308 g/mol. The number of nitrogens with two attached hydrogens (primary N) is 1. The topological polar surface area (TPSA) is 55.1 Å². The molecule has 2 unspecified atom stereocenters. The highest BCUT2D eigenvalue weighted by Gasteiger charge is 2.33. The van der Waals surface area contributed by atoms with Crippen molar-refractivity contribution < 1.29 is 4.79 Å². The summed E-state index contributed by atoms with van der Waals surface area (Å²) in [7, 11) is 0. The molecule has 3 nitrogen and oxygen atoms in total. The summed E-state index contributed by atoms with van der Waals surface area (Å²) in [6, 6.07) is 9.05. The summed E-state index contributed by atoms with van der Waals surface area (Å²) >= 11 is 0. The van der Waals surface area contributed by atoms with Crippen molar-refractivity contribution in [2.75, 3.05) is 0 Å². The van der Waals surface area contributed by atoms with Gasteiger partial charge in [-0.3, -0.25) is 4.79 Å². The lowest BCUT2D eigenvalue weighted by atomic mass is 9.97. The molecule has 1 amide bonds. The number of nitrogens with one attached hydrogen (secondary N) is 1. The molecule has 130 valence electrons. The predicted octanol–water partition coefficient (Wildman–Crippen LogP) is 4.00. The number of benzene rings is 1. The van der Waals surface area contributed by atoms with Gasteiger partial charge in [-0.2, -0.15) is 0 Å². The second kappa shape index (κ2) is 9.29. The minimum atomic E-state index is 0. The molecule has 0 aliphatic heterocycles. The third-order valence-corrected chi connectivity index (χ3v) is 4.22. The zero-order valence-corrected chi connectivity index (χ0v) is 15.4. The van der Waals surface area contributed by atoms with Crippen LogP contribution >= 0.6 is 12.4 Å². The minimum Gasteiger partial charge on any atom is -0.349 e. The molecule has 0 bridgehead atoms. The SMILES string of the molecule is CC(C)Cc1ccc(C(NC(=O)CCC(C)N)C2CC2)cc1.Cl. The summed E-state index contributed by atoms with van der Waals surface area (Å²) in [5, 5.41) is 3.22. The van der Waals surface area contributed by atoms with Crippen molar-refractivity contribution >= 4 is 18.3 Å². The van der Waals surface area contributed by atoms with Crippen LogP contribution in [0.1, 0.15) is 63.6 Å². The van der Waals surface area contributed by atoms with Gasteiger partial charge in [-0.05, 0) is 55.6 Å². The van der Waals surface area contributed by atoms with Crippen LogP contribution in [0.25, 0.3) is 0 Å². The molecule has 0 heterocycles. The number of rotatable bonds is 8. The monoisotopic (exact) mass is 338 g/mol. The first kappa shape index (κ1) is 20.0. The highest BCUT2D eigenvalue weighted by Crippen LogP contribution is 2.41. The lowest BCUT2D eigenvalue weighted by Crippen LogP contribution is -2.31. The van der Waals surface area contributed by atoms with Crippen molar-refractivity contribution in [3.8, 4) is 0 Å². The van der Waals surface area contributed by atoms with Crippen molar-refractivity contribution in [1.29, 1.82) is 0 Å². The maximum Gasteiger partial charge on any atom is 0.220 e. The van der Waals surface area contributed by atoms with E-state index in [1.165, 1.54) is 24.0 Å². The van der Waals surface area contributed by atoms with Gasteiger partial charge in [0.2, 0.25) is 5.91 Å². The van der Waals surface area contributed by atoms with E-state index in [-0.39, 0.29) is 30.4 Å². The minimum absolute atomic E-state index is 0. The lowest BCUT2D eigenvalue weighted by molar-refractivity contribution is -0.122. The Morgan fingerprint density at radius 2 is 1.83 bits per heavy atom. The first-order valence-electron chi connectivity index (χ1n) is 8.59. The number of hydrogen-bond donors (Lipinski definition) is 2. The molecule has 0 aromatic heterocycles. The molecule has 1 aromatic rings. The van der Waals surface area contributed by atoms with Crippen LogP contribution in [-0.4, -0.2) is 11.9 Å². The van der Waals surface area contributed by atoms with Crippen molar-refractivity contribution in [3.63, 3.8) is 0 Å². The Hall–Kier alpha value is -1.06. The van der Waals surface area contributed by atoms with E-state index in [9.17, 15) is 4.79 Å². The maximum atomic E-state index is 12.1. The van der Waals surface area contributed by atoms with Gasteiger partial charge in [0, 0.05) is 12.5 Å². The zero-order chi connectivity index (χ0) is 16.1. The first-order chi connectivity index (χ1) is 10.5. The second-order valence-corrected chi connectivity index (χ2v) is 7.24. The Labute approximate surface area is 146 Å². The van der Waals surface area contributed by atoms with Crippen LogP contribution in [0.2, 0.25) is 0 Å². The van der Waals surface area contributed by atoms with Gasteiger partial charge < -0.3 is 11.1 Å². The van der Waals surface area contributed by atoms with E-state index in [0.29, 0.717) is 18.3 Å². The third kappa shape index (κ3) is 6.92. The van der Waals surface area contributed by atoms with Crippen LogP contribution in [0.5, 0.6) is 0 Å². The standard InChI is InChI=1S/C19H30N2O.ClH/c1-13(2)12-15-5-7-16(8-6-15)19(17-9-10-17)21-18(22)11-4-14(3)20;/h5-8,13-14,17,19H,4,9-12,20H2,1-3H3,(H,21,22);1H. The van der Waals surface area contributed by atoms with E-state index in [1.54, 1.807) is 0 Å². The van der Waals surface area contributed by atoms with Crippen molar-refractivity contribution in [3.05, 3.63) is 35.4 Å². The van der Waals surface area contributed by atoms with E-state index in [0.717, 1.165) is 12.8 Å². The Kier molecular flexibility index (Phi) is 8.07. The summed E-state index contributed by atoms with van der Waals surface area (Å²) in [6.07, 6.45) is 4.80. The van der Waals surface area contributed by atoms with Gasteiger partial charge in [-0.1, -0.05) is 38.1 Å². The first-order valence-corrected chi connectivity index (χ1v) is 8.59. The molecule has 1 aromatic carbocycles. The van der Waals surface area contributed by atoms with Gasteiger partial charge in [-0.15, -0.1) is 12.4 Å². The van der Waals surface area contributed by atoms with E-state index < -0.39 is 0 Å². The Morgan fingerprint density at radius 1 is 1.22 bits per heavy atom. The van der Waals surface area contributed by atoms with E-state index in [4.69, 9.17) is 5.73 Å². The number of amides is 1. The summed E-state index contributed by atoms with van der Waals surface area (Å²) in [5.41, 5.74) is 8.34. The quantitative estimate of drug-likeness (QED) is 0.752. The second-order valence-electron chi connectivity index (χ2n) is 7.24. The molecule has 1 aliphatic rings. The summed E-state index contributed by atoms with van der Waals surface area (Å²) in [4.78, 5) is 12.1. The van der Waals surface area contributed by atoms with E-state index >= 15 is 0 Å². The summed E-state index contributed by atoms with van der Waals surface area (Å²) in [5.74, 6) is 1.40. The van der Waals surface area contributed by atoms with Crippen molar-refractivity contribution in [2.45, 2.75) is 65.0 Å². The molecular formula is C19H31ClN2O. The fourth-order valence-electron chi connectivity index (χ4n) is 2.84. The lowest BCUT2D eigenvalue weighted by Gasteiger charge is -2.20. The van der Waals surface area contributed by atoms with E-state index in [1.807, 2.05) is 6.92 Å². The van der Waals surface area contributed by atoms with Gasteiger partial charge in [0.25, 0.3) is 0 Å². The van der Waals surface area contributed by atoms with Gasteiger partial charge >= 0.3 is 0 Å². The molecule has 1 aliphatic carbocycles. The average molecular weight is 339 g/mol. The van der Waals surface area contributed by atoms with Crippen LogP contribution in [0.4, 0.5) is 0 Å². The highest BCUT2D eigenvalue weighted by atomic mass is 35.5. The van der Waals surface area contributed by atoms with Gasteiger partial charge in [0.15, 0.2) is 0 Å². The fraction of sp³-hybridized carbons (Fsp3) is 0.632. The summed E-state index contributed by atoms with van der Waals surface area (Å²) < 4.78 is 0. The van der Waals surface area contributed by atoms with Gasteiger partial charge in [-0.25, -0.2) is 0 Å². The molecule has 3 N–H and O–H groups in total. The number of halogens is 1. The average Bonchev–Trinajstić information content (AvgIpc) is 3.27. The van der Waals surface area contributed by atoms with Gasteiger partial charge in [0.1, 0.15) is 0 Å². The van der Waals surface area contributed by atoms with Crippen LogP contribution in [-0.2, 0) is 11.2 Å². The molecule has 23 heavy (non-hydrogen) atoms. The molecule has 0 saturated heterocycles. The molecule has 1 saturated carbocycles. The van der Waals surface area contributed by atoms with Gasteiger partial charge in [0.05, 0.1) is 6.04 Å². The number of carbonyl (C=O) groups excluding carboxylic acids is 1. The summed E-state index contributed by atoms with van der Waals surface area (Å²) in [6.45, 7) is 6.41. The smallest absolute Gasteiger partial charge is 0.220 e. The molecule has 2 atom stereocenters. The largest absolute Gasteiger partial charge is 0.349 e. The molecule has 2 rings (SSSR count). The normalized spacial score (nSPS) is 16.6. The molecule has 1 fully saturated rings. The van der Waals surface area contributed by atoms with E-state index in [2.05, 4.69) is 43.4 Å². The fourth-order valence-corrected chi connectivity index (χ4v) is 2.84. The Balaban J connectivity index is 0.00000264. The Bertz CT molecular complexity index is 481. The Morgan fingerprint density at radius 3 is 2.30 bits per heavy atom. The number of carbonyl (C=O) groups is 1. The maximum absolute atomic E-state index is 12.1. The van der Waals surface area contributed by atoms with Crippen molar-refractivity contribution in [2.24, 2.45) is 17.6 Å². The predicted molar refractivity (Wildman–Crippen MR) is 98.7 cm³/mol. The highest BCUT2D eigenvalue weighted by molar-refractivity contribution is 5.85. The van der Waals surface area contributed by atoms with Crippen LogP contribution in [0.15, 0.2) is 24.3 Å². The van der Waals surface area contributed by atoms with Crippen LogP contribution in [0.3, 0.4) is 0 Å². The zero-order valence-electron chi connectivity index (χ0n) is 14.5. The van der Waals surface area contributed by atoms with Crippen LogP contribution < -0.4 is 11.1 Å². The van der Waals surface area contributed by atoms with Crippen molar-refractivity contribution in [1.82, 2.24) is 5.32 Å². The molecule has 0 radical (unpaired) electrons. The molecule has 0 spiro atoms.